The number of nitrogens with zero attached hydrogens (tertiary/aromatic N) is 1. The number of methoxy groups -OCH3 is 2. The molecule has 0 saturated carbocycles. The number of nitrogen functional groups attached to an aromatic ring is 1. The molecule has 0 radical (unpaired) electrons. The maximum atomic E-state index is 12.6. The van der Waals surface area contributed by atoms with E-state index in [1.165, 1.54) is 0 Å². The van der Waals surface area contributed by atoms with Gasteiger partial charge in [0.05, 0.1) is 35.5 Å². The lowest BCUT2D eigenvalue weighted by Crippen LogP contribution is -2.43. The molecule has 0 aliphatic carbocycles. The Balaban J connectivity index is 2.99. The van der Waals surface area contributed by atoms with Gasteiger partial charge in [-0.05, 0) is 19.1 Å². The lowest BCUT2D eigenvalue weighted by atomic mass is 10.1. The van der Waals surface area contributed by atoms with E-state index in [2.05, 4.69) is 0 Å². The van der Waals surface area contributed by atoms with E-state index in [0.717, 1.165) is 0 Å². The summed E-state index contributed by atoms with van der Waals surface area (Å²) < 4.78 is 10.2. The molecule has 20 heavy (non-hydrogen) atoms. The first-order valence-electron chi connectivity index (χ1n) is 6.35. The molecule has 2 N–H and O–H groups in total. The van der Waals surface area contributed by atoms with Gasteiger partial charge >= 0.3 is 0 Å². The molecule has 0 heterocycles. The van der Waals surface area contributed by atoms with E-state index in [1.807, 2.05) is 6.92 Å². The molecule has 1 aromatic rings. The molecule has 1 unspecified atom stereocenters. The number of ether oxygens (including phenoxy) is 2. The first-order valence-corrected chi connectivity index (χ1v) is 6.73. The molecule has 1 atom stereocenters. The number of rotatable bonds is 7. The molecule has 5 nitrogen and oxygen atoms in total. The first-order chi connectivity index (χ1) is 9.52. The highest BCUT2D eigenvalue weighted by Crippen LogP contribution is 2.24. The van der Waals surface area contributed by atoms with Gasteiger partial charge in [-0.15, -0.1) is 0 Å². The van der Waals surface area contributed by atoms with Gasteiger partial charge in [0, 0.05) is 20.8 Å². The van der Waals surface area contributed by atoms with Crippen LogP contribution < -0.4 is 5.73 Å². The number of benzene rings is 1. The van der Waals surface area contributed by atoms with Gasteiger partial charge in [0.15, 0.2) is 0 Å². The molecule has 0 aliphatic rings. The second-order valence-electron chi connectivity index (χ2n) is 4.50. The van der Waals surface area contributed by atoms with Gasteiger partial charge in [0.25, 0.3) is 5.91 Å². The maximum absolute atomic E-state index is 12.6. The van der Waals surface area contributed by atoms with Crippen molar-refractivity contribution >= 4 is 23.2 Å². The summed E-state index contributed by atoms with van der Waals surface area (Å²) in [7, 11) is 3.19. The zero-order chi connectivity index (χ0) is 15.1. The predicted molar refractivity (Wildman–Crippen MR) is 80.1 cm³/mol. The van der Waals surface area contributed by atoms with E-state index in [-0.39, 0.29) is 17.0 Å². The number of anilines is 1. The molecule has 1 amide bonds. The second-order valence-corrected chi connectivity index (χ2v) is 4.88. The number of hydrogen-bond donors (Lipinski definition) is 1. The molecular weight excluding hydrogens is 280 g/mol. The summed E-state index contributed by atoms with van der Waals surface area (Å²) in [6.07, 6.45) is 0. The summed E-state index contributed by atoms with van der Waals surface area (Å²) in [6, 6.07) is 4.96. The van der Waals surface area contributed by atoms with E-state index < -0.39 is 0 Å². The van der Waals surface area contributed by atoms with Crippen molar-refractivity contribution in [2.45, 2.75) is 13.0 Å². The Morgan fingerprint density at radius 2 is 2.10 bits per heavy atom. The highest BCUT2D eigenvalue weighted by atomic mass is 35.5. The van der Waals surface area contributed by atoms with Crippen molar-refractivity contribution in [3.63, 3.8) is 0 Å². The Morgan fingerprint density at radius 3 is 2.70 bits per heavy atom. The molecule has 112 valence electrons. The van der Waals surface area contributed by atoms with Crippen LogP contribution in [0.3, 0.4) is 0 Å². The van der Waals surface area contributed by atoms with Crippen molar-refractivity contribution in [1.29, 1.82) is 0 Å². The molecule has 0 fully saturated rings. The highest BCUT2D eigenvalue weighted by molar-refractivity contribution is 6.36. The fraction of sp³-hybridized carbons (Fsp3) is 0.500. The van der Waals surface area contributed by atoms with Gasteiger partial charge in [0.2, 0.25) is 0 Å². The van der Waals surface area contributed by atoms with Gasteiger partial charge in [-0.2, -0.15) is 0 Å². The Labute approximate surface area is 124 Å². The average Bonchev–Trinajstić information content (AvgIpc) is 2.42. The second kappa shape index (κ2) is 8.09. The first kappa shape index (κ1) is 16.8. The Bertz CT molecular complexity index is 454. The zero-order valence-electron chi connectivity index (χ0n) is 12.1. The number of hydrogen-bond acceptors (Lipinski definition) is 4. The highest BCUT2D eigenvalue weighted by Gasteiger charge is 2.23. The predicted octanol–water partition coefficient (Wildman–Crippen LogP) is 2.05. The van der Waals surface area contributed by atoms with Gasteiger partial charge < -0.3 is 20.1 Å². The van der Waals surface area contributed by atoms with Crippen LogP contribution in [0.5, 0.6) is 0 Å². The summed E-state index contributed by atoms with van der Waals surface area (Å²) >= 11 is 6.11. The number of amides is 1. The minimum atomic E-state index is -0.177. The van der Waals surface area contributed by atoms with Crippen LogP contribution in [-0.4, -0.2) is 50.8 Å². The quantitative estimate of drug-likeness (QED) is 0.783. The molecule has 0 aliphatic heterocycles. The van der Waals surface area contributed by atoms with Crippen molar-refractivity contribution in [3.8, 4) is 0 Å². The SMILES string of the molecule is COCCN(C(=O)c1cccc(N)c1Cl)C(C)COC. The molecule has 0 saturated heterocycles. The summed E-state index contributed by atoms with van der Waals surface area (Å²) in [5.41, 5.74) is 6.53. The van der Waals surface area contributed by atoms with Crippen LogP contribution in [0.15, 0.2) is 18.2 Å². The van der Waals surface area contributed by atoms with Crippen molar-refractivity contribution in [1.82, 2.24) is 4.90 Å². The third-order valence-corrected chi connectivity index (χ3v) is 3.42. The molecule has 0 bridgehead atoms. The average molecular weight is 301 g/mol. The molecule has 0 aromatic heterocycles. The van der Waals surface area contributed by atoms with Crippen LogP contribution in [0, 0.1) is 0 Å². The Hall–Kier alpha value is -1.30. The summed E-state index contributed by atoms with van der Waals surface area (Å²) in [5.74, 6) is -0.177. The summed E-state index contributed by atoms with van der Waals surface area (Å²) in [4.78, 5) is 14.3. The molecule has 0 spiro atoms. The lowest BCUT2D eigenvalue weighted by Gasteiger charge is -2.29. The third-order valence-electron chi connectivity index (χ3n) is 3.00. The monoisotopic (exact) mass is 300 g/mol. The molecular formula is C14H21ClN2O3. The van der Waals surface area contributed by atoms with Crippen molar-refractivity contribution in [2.75, 3.05) is 39.7 Å². The molecule has 1 rings (SSSR count). The van der Waals surface area contributed by atoms with Gasteiger partial charge in [-0.1, -0.05) is 17.7 Å². The van der Waals surface area contributed by atoms with Crippen molar-refractivity contribution < 1.29 is 14.3 Å². The van der Waals surface area contributed by atoms with Crippen LogP contribution in [0.4, 0.5) is 5.69 Å². The topological polar surface area (TPSA) is 64.8 Å². The largest absolute Gasteiger partial charge is 0.398 e. The van der Waals surface area contributed by atoms with E-state index in [1.54, 1.807) is 37.3 Å². The summed E-state index contributed by atoms with van der Waals surface area (Å²) in [6.45, 7) is 3.26. The van der Waals surface area contributed by atoms with Crippen molar-refractivity contribution in [3.05, 3.63) is 28.8 Å². The van der Waals surface area contributed by atoms with E-state index >= 15 is 0 Å². The van der Waals surface area contributed by atoms with Crippen LogP contribution in [0.25, 0.3) is 0 Å². The normalized spacial score (nSPS) is 12.2. The fourth-order valence-corrected chi connectivity index (χ4v) is 2.12. The van der Waals surface area contributed by atoms with Crippen LogP contribution >= 0.6 is 11.6 Å². The van der Waals surface area contributed by atoms with Crippen LogP contribution in [0.2, 0.25) is 5.02 Å². The van der Waals surface area contributed by atoms with Crippen molar-refractivity contribution in [2.24, 2.45) is 0 Å². The van der Waals surface area contributed by atoms with E-state index in [0.29, 0.717) is 31.0 Å². The maximum Gasteiger partial charge on any atom is 0.255 e. The smallest absolute Gasteiger partial charge is 0.255 e. The fourth-order valence-electron chi connectivity index (χ4n) is 1.91. The number of nitrogens with two attached hydrogens (primary N) is 1. The number of carbonyl (C=O) groups is 1. The molecule has 6 heteroatoms. The summed E-state index contributed by atoms with van der Waals surface area (Å²) in [5, 5.41) is 0.282. The third kappa shape index (κ3) is 4.10. The van der Waals surface area contributed by atoms with Gasteiger partial charge in [0.1, 0.15) is 0 Å². The molecule has 1 aromatic carbocycles. The zero-order valence-corrected chi connectivity index (χ0v) is 12.8. The minimum Gasteiger partial charge on any atom is -0.398 e. The standard InChI is InChI=1S/C14H21ClN2O3/c1-10(9-20-3)17(7-8-19-2)14(18)11-5-4-6-12(16)13(11)15/h4-6,10H,7-9,16H2,1-3H3. The Morgan fingerprint density at radius 1 is 1.40 bits per heavy atom. The Kier molecular flexibility index (Phi) is 6.78. The lowest BCUT2D eigenvalue weighted by molar-refractivity contribution is 0.0479. The number of halogens is 1. The van der Waals surface area contributed by atoms with Crippen LogP contribution in [-0.2, 0) is 9.47 Å². The number of carbonyl (C=O) groups excluding carboxylic acids is 1. The van der Waals surface area contributed by atoms with E-state index in [9.17, 15) is 4.79 Å². The minimum absolute atomic E-state index is 0.0832. The van der Waals surface area contributed by atoms with Gasteiger partial charge in [-0.25, -0.2) is 0 Å². The van der Waals surface area contributed by atoms with Crippen LogP contribution in [0.1, 0.15) is 17.3 Å². The van der Waals surface area contributed by atoms with Gasteiger partial charge in [-0.3, -0.25) is 4.79 Å². The van der Waals surface area contributed by atoms with E-state index in [4.69, 9.17) is 26.8 Å².